The van der Waals surface area contributed by atoms with Crippen LogP contribution in [0.3, 0.4) is 0 Å². The maximum absolute atomic E-state index is 13.0. The summed E-state index contributed by atoms with van der Waals surface area (Å²) in [7, 11) is 0. The third kappa shape index (κ3) is 5.33. The largest absolute Gasteiger partial charge is 0.342 e. The van der Waals surface area contributed by atoms with Crippen molar-refractivity contribution in [3.8, 4) is 0 Å². The number of carbonyl (C=O) groups is 1. The van der Waals surface area contributed by atoms with Crippen LogP contribution in [0, 0.1) is 0 Å². The fraction of sp³-hybridized carbons (Fsp3) is 0.382. The minimum atomic E-state index is 0.178. The molecule has 0 atom stereocenters. The van der Waals surface area contributed by atoms with E-state index < -0.39 is 0 Å². The fourth-order valence-corrected chi connectivity index (χ4v) is 5.81. The second-order valence-electron chi connectivity index (χ2n) is 11.5. The van der Waals surface area contributed by atoms with Crippen LogP contribution in [0.2, 0.25) is 0 Å². The molecule has 1 saturated heterocycles. The molecule has 1 amide bonds. The van der Waals surface area contributed by atoms with Gasteiger partial charge >= 0.3 is 0 Å². The molecule has 1 heterocycles. The first-order chi connectivity index (χ1) is 17.4. The Kier molecular flexibility index (Phi) is 7.14. The first-order valence-electron chi connectivity index (χ1n) is 13.7. The maximum Gasteiger partial charge on any atom is 0.222 e. The van der Waals surface area contributed by atoms with Crippen LogP contribution in [0.4, 0.5) is 0 Å². The number of amides is 1. The van der Waals surface area contributed by atoms with Gasteiger partial charge in [0, 0.05) is 19.5 Å². The second-order valence-corrected chi connectivity index (χ2v) is 11.5. The topological polar surface area (TPSA) is 20.3 Å². The molecule has 0 N–H and O–H groups in total. The van der Waals surface area contributed by atoms with Gasteiger partial charge in [0.2, 0.25) is 5.91 Å². The molecular formula is C34H39NO. The third-order valence-corrected chi connectivity index (χ3v) is 7.99. The monoisotopic (exact) mass is 477 g/mol. The number of nitrogens with zero attached hydrogens (tertiary/aromatic N) is 1. The molecule has 36 heavy (non-hydrogen) atoms. The van der Waals surface area contributed by atoms with Gasteiger partial charge in [-0.2, -0.15) is 0 Å². The van der Waals surface area contributed by atoms with Gasteiger partial charge in [-0.3, -0.25) is 4.79 Å². The van der Waals surface area contributed by atoms with Crippen LogP contribution in [0.5, 0.6) is 0 Å². The standard InChI is InChI=1S/C34H39NO/c1-34(2,3)29-19-15-25(16-20-29)9-8-14-32(36)35-23-21-28(22-24-35)33-30-12-6-4-10-26(30)17-18-27-11-5-7-13-31(27)33/h4-7,10-13,15-16,19-20H,8-9,14,17-18,21-24H2,1-3H3. The highest BCUT2D eigenvalue weighted by molar-refractivity contribution is 5.86. The highest BCUT2D eigenvalue weighted by Gasteiger charge is 2.25. The summed E-state index contributed by atoms with van der Waals surface area (Å²) in [6, 6.07) is 26.8. The predicted molar refractivity (Wildman–Crippen MR) is 150 cm³/mol. The Labute approximate surface area is 217 Å². The molecule has 2 heteroatoms. The summed E-state index contributed by atoms with van der Waals surface area (Å²) in [4.78, 5) is 15.1. The molecule has 0 radical (unpaired) electrons. The molecule has 2 nitrogen and oxygen atoms in total. The number of likely N-dealkylation sites (tertiary alicyclic amines) is 1. The Morgan fingerprint density at radius 1 is 0.750 bits per heavy atom. The first-order valence-corrected chi connectivity index (χ1v) is 13.7. The van der Waals surface area contributed by atoms with Gasteiger partial charge in [-0.1, -0.05) is 99.1 Å². The van der Waals surface area contributed by atoms with Crippen molar-refractivity contribution < 1.29 is 4.79 Å². The van der Waals surface area contributed by atoms with E-state index >= 15 is 0 Å². The number of benzene rings is 3. The van der Waals surface area contributed by atoms with Crippen molar-refractivity contribution in [2.24, 2.45) is 0 Å². The first kappa shape index (κ1) is 24.6. The molecule has 0 bridgehead atoms. The molecule has 5 rings (SSSR count). The number of piperidine rings is 1. The average Bonchev–Trinajstić information content (AvgIpc) is 3.05. The van der Waals surface area contributed by atoms with Gasteiger partial charge in [0.15, 0.2) is 0 Å². The second kappa shape index (κ2) is 10.5. The number of fused-ring (bicyclic) bond motifs is 2. The van der Waals surface area contributed by atoms with Crippen molar-refractivity contribution in [1.29, 1.82) is 0 Å². The van der Waals surface area contributed by atoms with Crippen molar-refractivity contribution in [3.63, 3.8) is 0 Å². The molecule has 0 unspecified atom stereocenters. The van der Waals surface area contributed by atoms with Gasteiger partial charge in [0.05, 0.1) is 0 Å². The van der Waals surface area contributed by atoms with Crippen molar-refractivity contribution in [1.82, 2.24) is 4.90 Å². The van der Waals surface area contributed by atoms with Crippen LogP contribution in [-0.4, -0.2) is 23.9 Å². The van der Waals surface area contributed by atoms with Crippen LogP contribution < -0.4 is 0 Å². The zero-order chi connectivity index (χ0) is 25.1. The molecule has 0 spiro atoms. The van der Waals surface area contributed by atoms with Crippen LogP contribution in [0.15, 0.2) is 78.4 Å². The molecule has 2 aliphatic rings. The minimum absolute atomic E-state index is 0.178. The van der Waals surface area contributed by atoms with Gasteiger partial charge in [0.25, 0.3) is 0 Å². The summed E-state index contributed by atoms with van der Waals surface area (Å²) in [6.07, 6.45) is 6.64. The van der Waals surface area contributed by atoms with Gasteiger partial charge in [-0.15, -0.1) is 0 Å². The van der Waals surface area contributed by atoms with E-state index in [2.05, 4.69) is 98.5 Å². The van der Waals surface area contributed by atoms with Crippen LogP contribution >= 0.6 is 0 Å². The van der Waals surface area contributed by atoms with E-state index in [-0.39, 0.29) is 5.41 Å². The summed E-state index contributed by atoms with van der Waals surface area (Å²) in [5, 5.41) is 0. The zero-order valence-electron chi connectivity index (χ0n) is 22.1. The van der Waals surface area contributed by atoms with E-state index in [1.54, 1.807) is 0 Å². The maximum atomic E-state index is 13.0. The van der Waals surface area contributed by atoms with Gasteiger partial charge in [-0.25, -0.2) is 0 Å². The highest BCUT2D eigenvalue weighted by Crippen LogP contribution is 2.38. The van der Waals surface area contributed by atoms with Crippen LogP contribution in [0.1, 0.15) is 79.8 Å². The number of hydrogen-bond acceptors (Lipinski definition) is 1. The summed E-state index contributed by atoms with van der Waals surface area (Å²) in [6.45, 7) is 8.40. The number of aryl methyl sites for hydroxylation is 3. The molecule has 1 aliphatic carbocycles. The summed E-state index contributed by atoms with van der Waals surface area (Å²) >= 11 is 0. The minimum Gasteiger partial charge on any atom is -0.342 e. The molecule has 1 aliphatic heterocycles. The lowest BCUT2D eigenvalue weighted by Gasteiger charge is -2.31. The SMILES string of the molecule is CC(C)(C)c1ccc(CCCC(=O)N2CCC(=C3c4ccccc4CCc4ccccc43)CC2)cc1. The van der Waals surface area contributed by atoms with E-state index in [1.165, 1.54) is 44.5 Å². The Hall–Kier alpha value is -3.13. The molecule has 3 aromatic carbocycles. The van der Waals surface area contributed by atoms with Gasteiger partial charge in [-0.05, 0) is 82.9 Å². The number of carbonyl (C=O) groups excluding carboxylic acids is 1. The summed E-state index contributed by atoms with van der Waals surface area (Å²) in [5.74, 6) is 0.312. The van der Waals surface area contributed by atoms with E-state index in [0.29, 0.717) is 12.3 Å². The quantitative estimate of drug-likeness (QED) is 0.380. The van der Waals surface area contributed by atoms with E-state index in [9.17, 15) is 4.79 Å². The molecule has 0 aromatic heterocycles. The summed E-state index contributed by atoms with van der Waals surface area (Å²) in [5.41, 5.74) is 11.5. The summed E-state index contributed by atoms with van der Waals surface area (Å²) < 4.78 is 0. The Bertz CT molecular complexity index is 1200. The number of hydrogen-bond donors (Lipinski definition) is 0. The molecular weight excluding hydrogens is 438 g/mol. The van der Waals surface area contributed by atoms with Crippen molar-refractivity contribution >= 4 is 11.5 Å². The molecule has 186 valence electrons. The normalized spacial score (nSPS) is 15.8. The lowest BCUT2D eigenvalue weighted by atomic mass is 9.86. The molecule has 3 aromatic rings. The van der Waals surface area contributed by atoms with Crippen LogP contribution in [0.25, 0.3) is 5.57 Å². The zero-order valence-corrected chi connectivity index (χ0v) is 22.1. The smallest absolute Gasteiger partial charge is 0.222 e. The predicted octanol–water partition coefficient (Wildman–Crippen LogP) is 7.53. The molecule has 1 fully saturated rings. The van der Waals surface area contributed by atoms with Crippen molar-refractivity contribution in [2.75, 3.05) is 13.1 Å². The fourth-order valence-electron chi connectivity index (χ4n) is 5.81. The molecule has 0 saturated carbocycles. The van der Waals surface area contributed by atoms with Gasteiger partial charge in [0.1, 0.15) is 0 Å². The Morgan fingerprint density at radius 2 is 1.31 bits per heavy atom. The van der Waals surface area contributed by atoms with E-state index in [0.717, 1.165) is 51.6 Å². The lowest BCUT2D eigenvalue weighted by molar-refractivity contribution is -0.131. The average molecular weight is 478 g/mol. The van der Waals surface area contributed by atoms with E-state index in [1.807, 2.05) is 0 Å². The van der Waals surface area contributed by atoms with Gasteiger partial charge < -0.3 is 4.90 Å². The van der Waals surface area contributed by atoms with E-state index in [4.69, 9.17) is 0 Å². The lowest BCUT2D eigenvalue weighted by Crippen LogP contribution is -2.36. The van der Waals surface area contributed by atoms with Crippen LogP contribution in [-0.2, 0) is 29.5 Å². The van der Waals surface area contributed by atoms with Crippen molar-refractivity contribution in [3.05, 3.63) is 112 Å². The van der Waals surface area contributed by atoms with Crippen molar-refractivity contribution in [2.45, 2.75) is 71.1 Å². The Balaban J connectivity index is 1.23. The third-order valence-electron chi connectivity index (χ3n) is 7.99. The number of rotatable bonds is 4. The Morgan fingerprint density at radius 3 is 1.86 bits per heavy atom. The highest BCUT2D eigenvalue weighted by atomic mass is 16.2.